The van der Waals surface area contributed by atoms with E-state index in [-0.39, 0.29) is 0 Å². The van der Waals surface area contributed by atoms with Crippen molar-refractivity contribution in [3.63, 3.8) is 0 Å². The lowest BCUT2D eigenvalue weighted by Gasteiger charge is -2.11. The van der Waals surface area contributed by atoms with E-state index in [1.165, 1.54) is 76.5 Å². The van der Waals surface area contributed by atoms with Crippen LogP contribution in [0.3, 0.4) is 0 Å². The molecule has 0 spiro atoms. The Morgan fingerprint density at radius 3 is 1.19 bits per heavy atom. The summed E-state index contributed by atoms with van der Waals surface area (Å²) < 4.78 is 4.77. The normalized spacial score (nSPS) is 11.8. The molecule has 0 fully saturated rings. The van der Waals surface area contributed by atoms with E-state index >= 15 is 0 Å². The summed E-state index contributed by atoms with van der Waals surface area (Å²) in [4.78, 5) is 0. The monoisotopic (exact) mass is 599 g/mol. The largest absolute Gasteiger partial charge is 0.355 e. The van der Waals surface area contributed by atoms with Gasteiger partial charge in [0.1, 0.15) is 0 Å². The van der Waals surface area contributed by atoms with Gasteiger partial charge in [0.25, 0.3) is 0 Å². The fourth-order valence-corrected chi connectivity index (χ4v) is 7.46. The van der Waals surface area contributed by atoms with Crippen LogP contribution in [-0.2, 0) is 0 Å². The molecule has 0 saturated heterocycles. The average Bonchev–Trinajstić information content (AvgIpc) is 3.63. The highest BCUT2D eigenvalue weighted by Gasteiger charge is 2.15. The van der Waals surface area contributed by atoms with Crippen LogP contribution in [0.1, 0.15) is 0 Å². The van der Waals surface area contributed by atoms with Gasteiger partial charge in [-0.25, -0.2) is 0 Å². The van der Waals surface area contributed by atoms with Crippen molar-refractivity contribution in [3.8, 4) is 11.4 Å². The van der Waals surface area contributed by atoms with Crippen molar-refractivity contribution < 1.29 is 0 Å². The molecule has 0 saturated carbocycles. The van der Waals surface area contributed by atoms with E-state index in [2.05, 4.69) is 184 Å². The van der Waals surface area contributed by atoms with E-state index in [0.717, 1.165) is 11.4 Å². The van der Waals surface area contributed by atoms with Crippen LogP contribution in [0.25, 0.3) is 76.5 Å². The molecule has 2 heterocycles. The fourth-order valence-electron chi connectivity index (χ4n) is 7.46. The van der Waals surface area contributed by atoms with Gasteiger partial charge in [-0.15, -0.1) is 0 Å². The Bertz CT molecular complexity index is 2640. The number of nitrogens with zero attached hydrogens (tertiary/aromatic N) is 2. The Labute approximate surface area is 271 Å². The minimum atomic E-state index is 1.07. The number of benzene rings is 8. The number of rotatable bonds is 4. The number of aromatic nitrogens is 2. The van der Waals surface area contributed by atoms with Gasteiger partial charge in [0.15, 0.2) is 0 Å². The minimum absolute atomic E-state index is 1.07. The van der Waals surface area contributed by atoms with Crippen LogP contribution in [0.15, 0.2) is 170 Å². The van der Waals surface area contributed by atoms with Gasteiger partial charge in [0, 0.05) is 44.3 Å². The predicted molar refractivity (Wildman–Crippen MR) is 200 cm³/mol. The van der Waals surface area contributed by atoms with Crippen LogP contribution in [-0.4, -0.2) is 9.13 Å². The summed E-state index contributed by atoms with van der Waals surface area (Å²) in [5.74, 6) is 0. The molecular formula is C44H29N3. The lowest BCUT2D eigenvalue weighted by molar-refractivity contribution is 1.19. The smallest absolute Gasteiger partial charge is 0.0542 e. The molecule has 0 aliphatic rings. The Morgan fingerprint density at radius 2 is 0.702 bits per heavy atom. The van der Waals surface area contributed by atoms with Crippen LogP contribution in [0.4, 0.5) is 11.4 Å². The zero-order valence-corrected chi connectivity index (χ0v) is 25.6. The first-order valence-electron chi connectivity index (χ1n) is 16.1. The Morgan fingerprint density at radius 1 is 0.298 bits per heavy atom. The van der Waals surface area contributed by atoms with E-state index in [0.29, 0.717) is 0 Å². The van der Waals surface area contributed by atoms with E-state index in [1.807, 2.05) is 0 Å². The Hall–Kier alpha value is -6.32. The molecule has 0 aliphatic heterocycles. The molecule has 0 atom stereocenters. The van der Waals surface area contributed by atoms with Crippen LogP contribution in [0, 0.1) is 0 Å². The minimum Gasteiger partial charge on any atom is -0.355 e. The maximum atomic E-state index is 3.75. The molecule has 3 nitrogen and oxygen atoms in total. The molecule has 1 N–H and O–H groups in total. The van der Waals surface area contributed by atoms with Crippen LogP contribution < -0.4 is 5.32 Å². The summed E-state index contributed by atoms with van der Waals surface area (Å²) in [6, 6.07) is 61.4. The zero-order chi connectivity index (χ0) is 30.9. The molecule has 0 aliphatic carbocycles. The lowest BCUT2D eigenvalue weighted by atomic mass is 10.1. The SMILES string of the molecule is c1ccc2cc(-n3c4ccccc4c4cc(Nc5ccc6c(c5)c5ccccc5n6-c5ccc6ccccc6c5)ccc43)ccc2c1. The van der Waals surface area contributed by atoms with Crippen LogP contribution >= 0.6 is 0 Å². The van der Waals surface area contributed by atoms with Gasteiger partial charge in [-0.3, -0.25) is 0 Å². The highest BCUT2D eigenvalue weighted by Crippen LogP contribution is 2.37. The first kappa shape index (κ1) is 26.0. The summed E-state index contributed by atoms with van der Waals surface area (Å²) in [7, 11) is 0. The number of hydrogen-bond donors (Lipinski definition) is 1. The lowest BCUT2D eigenvalue weighted by Crippen LogP contribution is -1.95. The van der Waals surface area contributed by atoms with E-state index in [4.69, 9.17) is 0 Å². The molecule has 10 aromatic rings. The Kier molecular flexibility index (Phi) is 5.57. The zero-order valence-electron chi connectivity index (χ0n) is 25.6. The van der Waals surface area contributed by atoms with Crippen molar-refractivity contribution in [3.05, 3.63) is 170 Å². The third kappa shape index (κ3) is 4.07. The van der Waals surface area contributed by atoms with Crippen molar-refractivity contribution in [1.82, 2.24) is 9.13 Å². The molecule has 10 rings (SSSR count). The standard InChI is InChI=1S/C44H29N3/c1-3-11-31-25-35(21-17-29(31)9-1)46-41-15-7-5-13-37(41)39-27-33(19-23-43(39)46)45-34-20-24-44-40(28-34)38-14-6-8-16-42(38)47(44)36-22-18-30-10-2-4-12-32(30)26-36/h1-28,45H. The number of para-hydroxylation sites is 2. The van der Waals surface area contributed by atoms with E-state index in [9.17, 15) is 0 Å². The van der Waals surface area contributed by atoms with Crippen molar-refractivity contribution in [2.75, 3.05) is 5.32 Å². The first-order valence-corrected chi connectivity index (χ1v) is 16.1. The molecule has 220 valence electrons. The maximum Gasteiger partial charge on any atom is 0.0542 e. The summed E-state index contributed by atoms with van der Waals surface area (Å²) in [6.45, 7) is 0. The first-order chi connectivity index (χ1) is 23.3. The number of hydrogen-bond acceptors (Lipinski definition) is 1. The second-order valence-electron chi connectivity index (χ2n) is 12.4. The molecule has 0 radical (unpaired) electrons. The molecule has 47 heavy (non-hydrogen) atoms. The van der Waals surface area contributed by atoms with Gasteiger partial charge in [-0.2, -0.15) is 0 Å². The third-order valence-electron chi connectivity index (χ3n) is 9.62. The predicted octanol–water partition coefficient (Wildman–Crippen LogP) is 11.9. The Balaban J connectivity index is 1.09. The molecule has 0 unspecified atom stereocenters. The third-order valence-corrected chi connectivity index (χ3v) is 9.62. The van der Waals surface area contributed by atoms with Gasteiger partial charge in [-0.05, 0) is 94.3 Å². The van der Waals surface area contributed by atoms with Crippen LogP contribution in [0.2, 0.25) is 0 Å². The summed E-state index contributed by atoms with van der Waals surface area (Å²) in [5, 5.41) is 13.7. The highest BCUT2D eigenvalue weighted by atomic mass is 15.0. The van der Waals surface area contributed by atoms with Crippen molar-refractivity contribution in [2.45, 2.75) is 0 Å². The maximum absolute atomic E-state index is 3.75. The fraction of sp³-hybridized carbons (Fsp3) is 0. The molecule has 0 amide bonds. The average molecular weight is 600 g/mol. The number of fused-ring (bicyclic) bond motifs is 8. The van der Waals surface area contributed by atoms with Gasteiger partial charge in [0.05, 0.1) is 22.1 Å². The summed E-state index contributed by atoms with van der Waals surface area (Å²) in [6.07, 6.45) is 0. The molecule has 0 bridgehead atoms. The highest BCUT2D eigenvalue weighted by molar-refractivity contribution is 6.12. The number of nitrogens with one attached hydrogen (secondary N) is 1. The van der Waals surface area contributed by atoms with Crippen molar-refractivity contribution in [2.24, 2.45) is 0 Å². The van der Waals surface area contributed by atoms with Crippen LogP contribution in [0.5, 0.6) is 0 Å². The molecular weight excluding hydrogens is 571 g/mol. The van der Waals surface area contributed by atoms with Gasteiger partial charge >= 0.3 is 0 Å². The van der Waals surface area contributed by atoms with E-state index in [1.54, 1.807) is 0 Å². The van der Waals surface area contributed by atoms with Gasteiger partial charge in [-0.1, -0.05) is 97.1 Å². The van der Waals surface area contributed by atoms with Gasteiger partial charge < -0.3 is 14.5 Å². The molecule has 3 heteroatoms. The second-order valence-corrected chi connectivity index (χ2v) is 12.4. The van der Waals surface area contributed by atoms with Crippen molar-refractivity contribution in [1.29, 1.82) is 0 Å². The summed E-state index contributed by atoms with van der Waals surface area (Å²) in [5.41, 5.74) is 9.28. The molecule has 2 aromatic heterocycles. The second kappa shape index (κ2) is 10.1. The molecule has 8 aromatic carbocycles. The van der Waals surface area contributed by atoms with Gasteiger partial charge in [0.2, 0.25) is 0 Å². The van der Waals surface area contributed by atoms with E-state index < -0.39 is 0 Å². The quantitative estimate of drug-likeness (QED) is 0.214. The summed E-state index contributed by atoms with van der Waals surface area (Å²) >= 11 is 0. The topological polar surface area (TPSA) is 21.9 Å². The van der Waals surface area contributed by atoms with Crippen molar-refractivity contribution >= 4 is 76.5 Å². The number of anilines is 2.